The fraction of sp³-hybridized carbons (Fsp3) is 0.778. The van der Waals surface area contributed by atoms with Crippen molar-refractivity contribution < 1.29 is 17.9 Å². The molecule has 0 bridgehead atoms. The van der Waals surface area contributed by atoms with E-state index in [-0.39, 0.29) is 23.8 Å². The van der Waals surface area contributed by atoms with E-state index < -0.39 is 21.5 Å². The van der Waals surface area contributed by atoms with Gasteiger partial charge in [0.1, 0.15) is 0 Å². The Kier molecular flexibility index (Phi) is 6.00. The van der Waals surface area contributed by atoms with Crippen molar-refractivity contribution in [2.24, 2.45) is 5.73 Å². The minimum Gasteiger partial charge on any atom is -0.466 e. The van der Waals surface area contributed by atoms with Gasteiger partial charge in [-0.05, 0) is 20.8 Å². The fourth-order valence-electron chi connectivity index (χ4n) is 0.941. The number of rotatable bonds is 7. The molecule has 0 aromatic carbocycles. The first-order chi connectivity index (χ1) is 7.60. The average molecular weight is 282 g/mol. The van der Waals surface area contributed by atoms with Gasteiger partial charge in [-0.1, -0.05) is 12.2 Å². The summed E-state index contributed by atoms with van der Waals surface area (Å²) in [7, 11) is -3.62. The Hall–Kier alpha value is -0.730. The van der Waals surface area contributed by atoms with Crippen LogP contribution in [0, 0.1) is 0 Å². The molecule has 0 radical (unpaired) electrons. The average Bonchev–Trinajstić information content (AvgIpc) is 2.13. The number of thiocarbonyl (C=S) groups is 1. The van der Waals surface area contributed by atoms with E-state index >= 15 is 0 Å². The van der Waals surface area contributed by atoms with Crippen molar-refractivity contribution in [1.29, 1.82) is 0 Å². The molecule has 0 aliphatic heterocycles. The summed E-state index contributed by atoms with van der Waals surface area (Å²) in [6.07, 6.45) is -0.198. The molecule has 0 fully saturated rings. The highest BCUT2D eigenvalue weighted by Crippen LogP contribution is 2.06. The van der Waals surface area contributed by atoms with E-state index in [0.717, 1.165) is 0 Å². The first-order valence-electron chi connectivity index (χ1n) is 5.08. The number of sulfonamides is 1. The van der Waals surface area contributed by atoms with Crippen LogP contribution in [0.1, 0.15) is 27.2 Å². The van der Waals surface area contributed by atoms with Crippen LogP contribution >= 0.6 is 12.2 Å². The number of hydrogen-bond donors (Lipinski definition) is 2. The zero-order chi connectivity index (χ0) is 13.7. The lowest BCUT2D eigenvalue weighted by atomic mass is 10.1. The van der Waals surface area contributed by atoms with E-state index in [1.54, 1.807) is 20.8 Å². The standard InChI is InChI=1S/C9H18N2O4S2/c1-4-15-7(12)5-6-17(13,14)11-9(2,3)8(10)16/h11H,4-6H2,1-3H3,(H2,10,16). The Balaban J connectivity index is 4.41. The Morgan fingerprint density at radius 1 is 1.47 bits per heavy atom. The number of nitrogens with one attached hydrogen (secondary N) is 1. The second-order valence-electron chi connectivity index (χ2n) is 3.97. The minimum absolute atomic E-state index is 0.0391. The maximum Gasteiger partial charge on any atom is 0.306 e. The lowest BCUT2D eigenvalue weighted by Crippen LogP contribution is -2.52. The van der Waals surface area contributed by atoms with Gasteiger partial charge in [-0.2, -0.15) is 0 Å². The molecule has 0 saturated carbocycles. The monoisotopic (exact) mass is 282 g/mol. The normalized spacial score (nSPS) is 12.2. The molecule has 100 valence electrons. The van der Waals surface area contributed by atoms with Gasteiger partial charge < -0.3 is 10.5 Å². The van der Waals surface area contributed by atoms with Crippen LogP contribution in [0.2, 0.25) is 0 Å². The fourth-order valence-corrected chi connectivity index (χ4v) is 2.48. The van der Waals surface area contributed by atoms with E-state index in [1.807, 2.05) is 0 Å². The summed E-state index contributed by atoms with van der Waals surface area (Å²) >= 11 is 4.74. The zero-order valence-corrected chi connectivity index (χ0v) is 11.8. The van der Waals surface area contributed by atoms with Crippen molar-refractivity contribution in [2.45, 2.75) is 32.7 Å². The first kappa shape index (κ1) is 16.3. The molecule has 0 spiro atoms. The summed E-state index contributed by atoms with van der Waals surface area (Å²) in [5.41, 5.74) is 4.38. The van der Waals surface area contributed by atoms with Crippen LogP contribution in [0.3, 0.4) is 0 Å². The van der Waals surface area contributed by atoms with E-state index in [1.165, 1.54) is 0 Å². The van der Waals surface area contributed by atoms with Crippen LogP contribution in [0.4, 0.5) is 0 Å². The Labute approximate surface area is 107 Å². The molecule has 0 rings (SSSR count). The molecule has 8 heteroatoms. The lowest BCUT2D eigenvalue weighted by Gasteiger charge is -2.24. The molecule has 0 aliphatic carbocycles. The van der Waals surface area contributed by atoms with Crippen LogP contribution < -0.4 is 10.5 Å². The summed E-state index contributed by atoms with van der Waals surface area (Å²) < 4.78 is 30.2. The zero-order valence-electron chi connectivity index (χ0n) is 10.1. The summed E-state index contributed by atoms with van der Waals surface area (Å²) in [5, 5.41) is 0. The number of esters is 1. The molecule has 0 atom stereocenters. The molecule has 0 aliphatic rings. The summed E-state index contributed by atoms with van der Waals surface area (Å²) in [5.74, 6) is -0.899. The Morgan fingerprint density at radius 3 is 2.41 bits per heavy atom. The van der Waals surface area contributed by atoms with Gasteiger partial charge in [0.15, 0.2) is 0 Å². The van der Waals surface area contributed by atoms with Crippen LogP contribution in [-0.4, -0.2) is 37.3 Å². The van der Waals surface area contributed by atoms with Crippen LogP contribution in [0.15, 0.2) is 0 Å². The van der Waals surface area contributed by atoms with Crippen LogP contribution in [0.5, 0.6) is 0 Å². The molecular formula is C9H18N2O4S2. The third-order valence-corrected chi connectivity index (χ3v) is 3.98. The third-order valence-electron chi connectivity index (χ3n) is 1.91. The molecule has 0 amide bonds. The summed E-state index contributed by atoms with van der Waals surface area (Å²) in [6.45, 7) is 4.99. The minimum atomic E-state index is -3.62. The van der Waals surface area contributed by atoms with Crippen molar-refractivity contribution in [3.05, 3.63) is 0 Å². The van der Waals surface area contributed by atoms with Gasteiger partial charge in [-0.15, -0.1) is 0 Å². The summed E-state index contributed by atoms with van der Waals surface area (Å²) in [6, 6.07) is 0. The largest absolute Gasteiger partial charge is 0.466 e. The van der Waals surface area contributed by atoms with Crippen LogP contribution in [-0.2, 0) is 19.6 Å². The molecule has 0 heterocycles. The smallest absolute Gasteiger partial charge is 0.306 e. The van der Waals surface area contributed by atoms with E-state index in [2.05, 4.69) is 9.46 Å². The quantitative estimate of drug-likeness (QED) is 0.501. The molecule has 0 aromatic heterocycles. The number of hydrogen-bond acceptors (Lipinski definition) is 5. The Morgan fingerprint density at radius 2 is 2.00 bits per heavy atom. The van der Waals surface area contributed by atoms with Crippen molar-refractivity contribution in [2.75, 3.05) is 12.4 Å². The molecular weight excluding hydrogens is 264 g/mol. The second kappa shape index (κ2) is 6.27. The van der Waals surface area contributed by atoms with Gasteiger partial charge in [-0.3, -0.25) is 4.79 Å². The third kappa shape index (κ3) is 6.54. The Bertz CT molecular complexity index is 390. The maximum absolute atomic E-state index is 11.6. The topological polar surface area (TPSA) is 98.5 Å². The van der Waals surface area contributed by atoms with Crippen LogP contribution in [0.25, 0.3) is 0 Å². The van der Waals surface area contributed by atoms with Gasteiger partial charge in [0.25, 0.3) is 0 Å². The summed E-state index contributed by atoms with van der Waals surface area (Å²) in [4.78, 5) is 11.1. The first-order valence-corrected chi connectivity index (χ1v) is 7.14. The highest BCUT2D eigenvalue weighted by atomic mass is 32.2. The number of nitrogens with two attached hydrogens (primary N) is 1. The maximum atomic E-state index is 11.6. The van der Waals surface area contributed by atoms with E-state index in [0.29, 0.717) is 0 Å². The van der Waals surface area contributed by atoms with Crippen molar-refractivity contribution in [1.82, 2.24) is 4.72 Å². The van der Waals surface area contributed by atoms with Crippen molar-refractivity contribution >= 4 is 33.2 Å². The SMILES string of the molecule is CCOC(=O)CCS(=O)(=O)NC(C)(C)C(N)=S. The molecule has 0 aromatic rings. The number of carbonyl (C=O) groups is 1. The molecule has 0 unspecified atom stereocenters. The van der Waals surface area contributed by atoms with E-state index in [9.17, 15) is 13.2 Å². The molecule has 6 nitrogen and oxygen atoms in total. The predicted molar refractivity (Wildman–Crippen MR) is 69.0 cm³/mol. The van der Waals surface area contributed by atoms with Gasteiger partial charge >= 0.3 is 5.97 Å². The highest BCUT2D eigenvalue weighted by Gasteiger charge is 2.27. The predicted octanol–water partition coefficient (Wildman–Crippen LogP) is -0.0763. The molecule has 3 N–H and O–H groups in total. The van der Waals surface area contributed by atoms with Gasteiger partial charge in [0.2, 0.25) is 10.0 Å². The van der Waals surface area contributed by atoms with Crippen molar-refractivity contribution in [3.63, 3.8) is 0 Å². The molecule has 0 saturated heterocycles. The van der Waals surface area contributed by atoms with Gasteiger partial charge in [0.05, 0.1) is 29.3 Å². The molecule has 17 heavy (non-hydrogen) atoms. The van der Waals surface area contributed by atoms with Crippen molar-refractivity contribution in [3.8, 4) is 0 Å². The van der Waals surface area contributed by atoms with Gasteiger partial charge in [-0.25, -0.2) is 13.1 Å². The number of carbonyl (C=O) groups excluding carboxylic acids is 1. The highest BCUT2D eigenvalue weighted by molar-refractivity contribution is 7.89. The van der Waals surface area contributed by atoms with E-state index in [4.69, 9.17) is 18.0 Å². The van der Waals surface area contributed by atoms with Gasteiger partial charge in [0, 0.05) is 0 Å². The second-order valence-corrected chi connectivity index (χ2v) is 6.25. The number of ether oxygens (including phenoxy) is 1. The lowest BCUT2D eigenvalue weighted by molar-refractivity contribution is -0.142.